The van der Waals surface area contributed by atoms with Gasteiger partial charge in [0.05, 0.1) is 23.4 Å². The van der Waals surface area contributed by atoms with Gasteiger partial charge < -0.3 is 9.52 Å². The van der Waals surface area contributed by atoms with Crippen molar-refractivity contribution in [3.05, 3.63) is 90.4 Å². The minimum Gasteiger partial charge on any atom is -0.512 e. The van der Waals surface area contributed by atoms with Gasteiger partial charge in [0.15, 0.2) is 11.4 Å². The molecule has 0 atom stereocenters. The van der Waals surface area contributed by atoms with Gasteiger partial charge in [-0.3, -0.25) is 14.8 Å². The van der Waals surface area contributed by atoms with Gasteiger partial charge in [-0.2, -0.15) is 0 Å². The molecule has 1 radical (unpaired) electrons. The Morgan fingerprint density at radius 1 is 0.898 bits per heavy atom. The number of carbonyl (C=O) groups is 1. The Morgan fingerprint density at radius 2 is 1.55 bits per heavy atom. The van der Waals surface area contributed by atoms with E-state index in [0.29, 0.717) is 5.92 Å². The van der Waals surface area contributed by atoms with E-state index in [9.17, 15) is 9.90 Å². The number of aliphatic hydroxyl groups is 1. The van der Waals surface area contributed by atoms with Crippen LogP contribution < -0.4 is 0 Å². The predicted molar refractivity (Wildman–Crippen MR) is 198 cm³/mol. The first-order valence-electron chi connectivity index (χ1n) is 17.5. The molecule has 1 N–H and O–H groups in total. The minimum absolute atomic E-state index is 0. The monoisotopic (exact) mass is 839 g/mol. The van der Waals surface area contributed by atoms with Crippen molar-refractivity contribution in [3.8, 4) is 22.5 Å². The molecule has 7 heteroatoms. The Kier molecular flexibility index (Phi) is 14.5. The quantitative estimate of drug-likeness (QED) is 0.0810. The van der Waals surface area contributed by atoms with Gasteiger partial charge in [0.1, 0.15) is 6.33 Å². The summed E-state index contributed by atoms with van der Waals surface area (Å²) in [6.07, 6.45) is 11.0. The average Bonchev–Trinajstić information content (AvgIpc) is 3.56. The number of furan rings is 1. The third-order valence-corrected chi connectivity index (χ3v) is 9.05. The van der Waals surface area contributed by atoms with Crippen LogP contribution in [-0.4, -0.2) is 25.8 Å². The van der Waals surface area contributed by atoms with Crippen molar-refractivity contribution in [3.63, 3.8) is 0 Å². The molecule has 49 heavy (non-hydrogen) atoms. The molecule has 5 rings (SSSR count). The maximum absolute atomic E-state index is 11.7. The van der Waals surface area contributed by atoms with Crippen LogP contribution in [0.4, 0.5) is 0 Å². The first-order chi connectivity index (χ1) is 22.9. The number of hydrogen-bond acceptors (Lipinski definition) is 6. The van der Waals surface area contributed by atoms with E-state index in [1.165, 1.54) is 17.0 Å². The van der Waals surface area contributed by atoms with Crippen LogP contribution >= 0.6 is 0 Å². The molecule has 0 bridgehead atoms. The van der Waals surface area contributed by atoms with Crippen LogP contribution in [0.1, 0.15) is 99.3 Å². The van der Waals surface area contributed by atoms with E-state index in [0.717, 1.165) is 76.7 Å². The van der Waals surface area contributed by atoms with Crippen LogP contribution in [0.25, 0.3) is 44.3 Å². The van der Waals surface area contributed by atoms with Crippen LogP contribution in [0.2, 0.25) is 0 Å². The number of ketones is 1. The molecule has 0 aliphatic rings. The summed E-state index contributed by atoms with van der Waals surface area (Å²) in [4.78, 5) is 25.6. The van der Waals surface area contributed by atoms with Gasteiger partial charge in [0, 0.05) is 60.9 Å². The van der Waals surface area contributed by atoms with Crippen LogP contribution in [0, 0.1) is 23.8 Å². The molecule has 263 valence electrons. The smallest absolute Gasteiger partial charge is 0.162 e. The van der Waals surface area contributed by atoms with Crippen molar-refractivity contribution in [2.75, 3.05) is 0 Å². The van der Waals surface area contributed by atoms with Crippen molar-refractivity contribution in [1.82, 2.24) is 15.0 Å². The summed E-state index contributed by atoms with van der Waals surface area (Å²) >= 11 is 0. The molecular weight excluding hydrogens is 787 g/mol. The van der Waals surface area contributed by atoms with E-state index < -0.39 is 0 Å². The normalized spacial score (nSPS) is 12.0. The SMILES string of the molecule is CC(C)Cc1ncc(-c2cc(-c3[c-]c4ccccc4c(C(C)(C)C)c3)ncn2)c2ccoc12.CCC(CC)C(=O)/C=C(\O)C(CC)CC.[Ir]. The Morgan fingerprint density at radius 3 is 2.18 bits per heavy atom. The summed E-state index contributed by atoms with van der Waals surface area (Å²) in [7, 11) is 0. The zero-order valence-corrected chi connectivity index (χ0v) is 33.0. The zero-order chi connectivity index (χ0) is 35.0. The molecule has 0 amide bonds. The number of benzene rings is 2. The number of allylic oxidation sites excluding steroid dienone is 2. The molecule has 5 aromatic rings. The fourth-order valence-electron chi connectivity index (χ4n) is 6.17. The van der Waals surface area contributed by atoms with Gasteiger partial charge in [0.25, 0.3) is 0 Å². The second kappa shape index (κ2) is 17.8. The maximum Gasteiger partial charge on any atom is 0.162 e. The van der Waals surface area contributed by atoms with Gasteiger partial charge >= 0.3 is 0 Å². The number of fused-ring (bicyclic) bond motifs is 2. The molecule has 0 spiro atoms. The van der Waals surface area contributed by atoms with E-state index >= 15 is 0 Å². The predicted octanol–water partition coefficient (Wildman–Crippen LogP) is 11.3. The van der Waals surface area contributed by atoms with Crippen LogP contribution in [0.15, 0.2) is 77.5 Å². The molecule has 0 unspecified atom stereocenters. The average molecular weight is 839 g/mol. The van der Waals surface area contributed by atoms with Crippen molar-refractivity contribution < 1.29 is 34.4 Å². The minimum atomic E-state index is -0.00155. The zero-order valence-electron chi connectivity index (χ0n) is 30.6. The summed E-state index contributed by atoms with van der Waals surface area (Å²) in [5, 5.41) is 13.1. The maximum atomic E-state index is 11.7. The van der Waals surface area contributed by atoms with Crippen molar-refractivity contribution >= 4 is 27.5 Å². The van der Waals surface area contributed by atoms with Gasteiger partial charge in [0.2, 0.25) is 0 Å². The fraction of sp³-hybridized carbons (Fsp3) is 0.429. The van der Waals surface area contributed by atoms with E-state index in [1.807, 2.05) is 46.0 Å². The van der Waals surface area contributed by atoms with Gasteiger partial charge in [-0.15, -0.1) is 29.1 Å². The van der Waals surface area contributed by atoms with Crippen LogP contribution in [-0.2, 0) is 36.7 Å². The summed E-state index contributed by atoms with van der Waals surface area (Å²) in [6.45, 7) is 19.2. The van der Waals surface area contributed by atoms with E-state index in [-0.39, 0.29) is 48.9 Å². The summed E-state index contributed by atoms with van der Waals surface area (Å²) < 4.78 is 5.82. The first kappa shape index (κ1) is 39.8. The summed E-state index contributed by atoms with van der Waals surface area (Å²) in [5.74, 6) is 1.05. The molecule has 2 aromatic carbocycles. The Hall–Kier alpha value is -3.67. The fourth-order valence-corrected chi connectivity index (χ4v) is 6.17. The van der Waals surface area contributed by atoms with Gasteiger partial charge in [-0.25, -0.2) is 4.98 Å². The first-order valence-corrected chi connectivity index (χ1v) is 17.5. The molecule has 0 saturated carbocycles. The van der Waals surface area contributed by atoms with Gasteiger partial charge in [-0.1, -0.05) is 91.5 Å². The van der Waals surface area contributed by atoms with Crippen molar-refractivity contribution in [2.24, 2.45) is 17.8 Å². The third kappa shape index (κ3) is 9.73. The van der Waals surface area contributed by atoms with E-state index in [1.54, 1.807) is 12.6 Å². The molecule has 3 aromatic heterocycles. The number of aromatic nitrogens is 3. The number of carbonyl (C=O) groups excluding carboxylic acids is 1. The standard InChI is InChI=1S/C29H28N3O.C13H24O2.Ir/c1-18(2)12-27-28-22(10-11-33-28)23(16-30-27)26-15-25(31-17-32-26)20-13-19-8-6-7-9-21(19)24(14-20)29(3,4)5;1-5-10(6-2)12(14)9-13(15)11(7-3)8-4;/h6-11,14-18H,12H2,1-5H3;9-11,14H,5-8H2,1-4H3;/q-1;;/b;12-9-;. The number of aliphatic hydroxyl groups excluding tert-OH is 1. The van der Waals surface area contributed by atoms with Crippen molar-refractivity contribution in [2.45, 2.75) is 99.8 Å². The van der Waals surface area contributed by atoms with Crippen molar-refractivity contribution in [1.29, 1.82) is 0 Å². The Bertz CT molecular complexity index is 1860. The molecular formula is C42H52IrN3O3-. The van der Waals surface area contributed by atoms with Crippen LogP contribution in [0.3, 0.4) is 0 Å². The second-order valence-electron chi connectivity index (χ2n) is 14.1. The topological polar surface area (TPSA) is 89.1 Å². The number of rotatable bonds is 11. The van der Waals surface area contributed by atoms with Gasteiger partial charge in [-0.05, 0) is 55.6 Å². The van der Waals surface area contributed by atoms with Crippen LogP contribution in [0.5, 0.6) is 0 Å². The molecule has 0 aliphatic carbocycles. The Labute approximate surface area is 306 Å². The molecule has 0 aliphatic heterocycles. The Balaban J connectivity index is 0.000000347. The summed E-state index contributed by atoms with van der Waals surface area (Å²) in [6, 6.07) is 18.2. The number of pyridine rings is 1. The molecule has 3 heterocycles. The third-order valence-electron chi connectivity index (χ3n) is 9.05. The largest absolute Gasteiger partial charge is 0.512 e. The van der Waals surface area contributed by atoms with E-state index in [4.69, 9.17) is 9.40 Å². The number of hydrogen-bond donors (Lipinski definition) is 1. The number of nitrogens with zero attached hydrogens (tertiary/aromatic N) is 3. The second-order valence-corrected chi connectivity index (χ2v) is 14.1. The van der Waals surface area contributed by atoms with E-state index in [2.05, 4.69) is 81.0 Å². The molecule has 0 saturated heterocycles. The molecule has 6 nitrogen and oxygen atoms in total. The summed E-state index contributed by atoms with van der Waals surface area (Å²) in [5.41, 5.74) is 6.70. The molecule has 0 fully saturated rings.